The largest absolute Gasteiger partial charge is 0.307 e. The second-order valence-electron chi connectivity index (χ2n) is 5.96. The van der Waals surface area contributed by atoms with Crippen molar-refractivity contribution in [2.75, 3.05) is 5.32 Å². The van der Waals surface area contributed by atoms with Gasteiger partial charge in [0.25, 0.3) is 5.91 Å². The number of anilines is 1. The molecule has 0 spiro atoms. The molecule has 0 atom stereocenters. The van der Waals surface area contributed by atoms with E-state index in [9.17, 15) is 4.79 Å². The van der Waals surface area contributed by atoms with E-state index >= 15 is 0 Å². The maximum atomic E-state index is 12.4. The van der Waals surface area contributed by atoms with E-state index < -0.39 is 0 Å². The van der Waals surface area contributed by atoms with Crippen LogP contribution < -0.4 is 5.32 Å². The van der Waals surface area contributed by atoms with Crippen molar-refractivity contribution in [2.24, 2.45) is 0 Å². The van der Waals surface area contributed by atoms with E-state index in [1.165, 1.54) is 24.8 Å². The quantitative estimate of drug-likeness (QED) is 0.919. The van der Waals surface area contributed by atoms with Crippen molar-refractivity contribution in [2.45, 2.75) is 51.5 Å². The predicted molar refractivity (Wildman–Crippen MR) is 88.1 cm³/mol. The van der Waals surface area contributed by atoms with Crippen LogP contribution in [-0.2, 0) is 6.42 Å². The van der Waals surface area contributed by atoms with Gasteiger partial charge in [-0.05, 0) is 37.0 Å². The van der Waals surface area contributed by atoms with Gasteiger partial charge < -0.3 is 5.32 Å². The molecule has 1 amide bonds. The van der Waals surface area contributed by atoms with E-state index in [0.29, 0.717) is 11.6 Å². The lowest BCUT2D eigenvalue weighted by atomic mass is 9.96. The molecule has 0 bridgehead atoms. The van der Waals surface area contributed by atoms with Crippen LogP contribution in [0, 0.1) is 0 Å². The molecule has 4 nitrogen and oxygen atoms in total. The first-order valence-electron chi connectivity index (χ1n) is 8.21. The number of nitrogens with one attached hydrogen (secondary N) is 1. The second-order valence-corrected chi connectivity index (χ2v) is 5.96. The molecule has 1 heterocycles. The summed E-state index contributed by atoms with van der Waals surface area (Å²) in [6.07, 6.45) is 8.85. The second kappa shape index (κ2) is 6.77. The highest BCUT2D eigenvalue weighted by Gasteiger charge is 2.19. The van der Waals surface area contributed by atoms with Crippen molar-refractivity contribution >= 4 is 11.7 Å². The normalized spacial score (nSPS) is 15.7. The number of carbonyl (C=O) groups is 1. The average Bonchev–Trinajstić information content (AvgIpc) is 3.04. The van der Waals surface area contributed by atoms with Gasteiger partial charge in [-0.1, -0.05) is 38.3 Å². The topological polar surface area (TPSA) is 46.9 Å². The van der Waals surface area contributed by atoms with E-state index in [-0.39, 0.29) is 5.91 Å². The van der Waals surface area contributed by atoms with Crippen LogP contribution >= 0.6 is 0 Å². The minimum atomic E-state index is -0.0692. The van der Waals surface area contributed by atoms with E-state index in [1.54, 1.807) is 6.20 Å². The SMILES string of the molecule is CCc1ccc(C(=O)Nc2ccnn2C2CCCCC2)cc1. The third kappa shape index (κ3) is 3.21. The van der Waals surface area contributed by atoms with Gasteiger partial charge in [0.15, 0.2) is 0 Å². The van der Waals surface area contributed by atoms with Crippen LogP contribution in [0.5, 0.6) is 0 Å². The molecule has 0 aliphatic heterocycles. The summed E-state index contributed by atoms with van der Waals surface area (Å²) in [5.74, 6) is 0.733. The highest BCUT2D eigenvalue weighted by atomic mass is 16.1. The van der Waals surface area contributed by atoms with Crippen LogP contribution in [0.2, 0.25) is 0 Å². The Balaban J connectivity index is 1.72. The molecule has 2 aromatic rings. The Labute approximate surface area is 131 Å². The first kappa shape index (κ1) is 14.8. The fourth-order valence-corrected chi connectivity index (χ4v) is 3.11. The number of benzene rings is 1. The van der Waals surface area contributed by atoms with Crippen LogP contribution in [0.3, 0.4) is 0 Å². The molecule has 0 radical (unpaired) electrons. The summed E-state index contributed by atoms with van der Waals surface area (Å²) in [5.41, 5.74) is 1.93. The van der Waals surface area contributed by atoms with Gasteiger partial charge in [-0.2, -0.15) is 5.10 Å². The van der Waals surface area contributed by atoms with Crippen molar-refractivity contribution in [1.29, 1.82) is 0 Å². The Kier molecular flexibility index (Phi) is 4.56. The zero-order valence-electron chi connectivity index (χ0n) is 13.1. The van der Waals surface area contributed by atoms with E-state index in [1.807, 2.05) is 35.0 Å². The lowest BCUT2D eigenvalue weighted by Gasteiger charge is -2.23. The van der Waals surface area contributed by atoms with Crippen molar-refractivity contribution in [3.05, 3.63) is 47.7 Å². The maximum Gasteiger partial charge on any atom is 0.256 e. The summed E-state index contributed by atoms with van der Waals surface area (Å²) in [6.45, 7) is 2.11. The molecule has 1 aromatic carbocycles. The summed E-state index contributed by atoms with van der Waals surface area (Å²) in [7, 11) is 0. The number of rotatable bonds is 4. The Hall–Kier alpha value is -2.10. The van der Waals surface area contributed by atoms with Crippen molar-refractivity contribution in [3.8, 4) is 0 Å². The van der Waals surface area contributed by atoms with Gasteiger partial charge in [0.2, 0.25) is 0 Å². The Morgan fingerprint density at radius 2 is 1.91 bits per heavy atom. The van der Waals surface area contributed by atoms with Gasteiger partial charge in [0.05, 0.1) is 12.2 Å². The van der Waals surface area contributed by atoms with Crippen molar-refractivity contribution in [1.82, 2.24) is 9.78 Å². The summed E-state index contributed by atoms with van der Waals surface area (Å²) < 4.78 is 1.98. The summed E-state index contributed by atoms with van der Waals surface area (Å²) in [5, 5.41) is 7.42. The first-order chi connectivity index (χ1) is 10.8. The number of amides is 1. The lowest BCUT2D eigenvalue weighted by molar-refractivity contribution is 0.102. The molecule has 1 N–H and O–H groups in total. The molecule has 0 unspecified atom stereocenters. The molecule has 3 rings (SSSR count). The molecular weight excluding hydrogens is 274 g/mol. The number of aromatic nitrogens is 2. The van der Waals surface area contributed by atoms with Crippen LogP contribution in [0.4, 0.5) is 5.82 Å². The molecule has 0 saturated heterocycles. The third-order valence-corrected chi connectivity index (χ3v) is 4.46. The van der Waals surface area contributed by atoms with Crippen LogP contribution in [0.25, 0.3) is 0 Å². The van der Waals surface area contributed by atoms with Crippen molar-refractivity contribution < 1.29 is 4.79 Å². The summed E-state index contributed by atoms with van der Waals surface area (Å²) >= 11 is 0. The molecule has 22 heavy (non-hydrogen) atoms. The molecule has 4 heteroatoms. The number of hydrogen-bond acceptors (Lipinski definition) is 2. The van der Waals surface area contributed by atoms with Crippen molar-refractivity contribution in [3.63, 3.8) is 0 Å². The first-order valence-corrected chi connectivity index (χ1v) is 8.21. The standard InChI is InChI=1S/C18H23N3O/c1-2-14-8-10-15(11-9-14)18(22)20-17-12-13-19-21(17)16-6-4-3-5-7-16/h8-13,16H,2-7H2,1H3,(H,20,22). The summed E-state index contributed by atoms with van der Waals surface area (Å²) in [4.78, 5) is 12.4. The smallest absolute Gasteiger partial charge is 0.256 e. The highest BCUT2D eigenvalue weighted by molar-refractivity contribution is 6.03. The van der Waals surface area contributed by atoms with Crippen LogP contribution in [0.15, 0.2) is 36.5 Å². The van der Waals surface area contributed by atoms with Gasteiger partial charge in [0, 0.05) is 11.6 Å². The number of hydrogen-bond donors (Lipinski definition) is 1. The number of aryl methyl sites for hydroxylation is 1. The van der Waals surface area contributed by atoms with E-state index in [4.69, 9.17) is 0 Å². The monoisotopic (exact) mass is 297 g/mol. The van der Waals surface area contributed by atoms with Gasteiger partial charge in [0.1, 0.15) is 5.82 Å². The lowest BCUT2D eigenvalue weighted by Crippen LogP contribution is -2.20. The average molecular weight is 297 g/mol. The molecule has 1 aliphatic carbocycles. The molecular formula is C18H23N3O. The Morgan fingerprint density at radius 3 is 2.59 bits per heavy atom. The molecule has 1 aliphatic rings. The van der Waals surface area contributed by atoms with E-state index in [0.717, 1.165) is 25.1 Å². The van der Waals surface area contributed by atoms with Crippen LogP contribution in [-0.4, -0.2) is 15.7 Å². The number of nitrogens with zero attached hydrogens (tertiary/aromatic N) is 2. The zero-order chi connectivity index (χ0) is 15.4. The van der Waals surface area contributed by atoms with Gasteiger partial charge in [-0.25, -0.2) is 4.68 Å². The van der Waals surface area contributed by atoms with Gasteiger partial charge >= 0.3 is 0 Å². The molecule has 1 aromatic heterocycles. The molecule has 116 valence electrons. The van der Waals surface area contributed by atoms with Gasteiger partial charge in [-0.15, -0.1) is 0 Å². The highest BCUT2D eigenvalue weighted by Crippen LogP contribution is 2.30. The fourth-order valence-electron chi connectivity index (χ4n) is 3.11. The third-order valence-electron chi connectivity index (χ3n) is 4.46. The van der Waals surface area contributed by atoms with Crippen LogP contribution in [0.1, 0.15) is 61.0 Å². The van der Waals surface area contributed by atoms with Gasteiger partial charge in [-0.3, -0.25) is 4.79 Å². The fraction of sp³-hybridized carbons (Fsp3) is 0.444. The molecule has 1 fully saturated rings. The minimum Gasteiger partial charge on any atom is -0.307 e. The Morgan fingerprint density at radius 1 is 1.18 bits per heavy atom. The van der Waals surface area contributed by atoms with E-state index in [2.05, 4.69) is 17.3 Å². The maximum absolute atomic E-state index is 12.4. The predicted octanol–water partition coefficient (Wildman–Crippen LogP) is 4.20. The molecule has 1 saturated carbocycles. The Bertz CT molecular complexity index is 624. The summed E-state index contributed by atoms with van der Waals surface area (Å²) in [6, 6.07) is 10.1. The minimum absolute atomic E-state index is 0.0692. The number of carbonyl (C=O) groups excluding carboxylic acids is 1. The zero-order valence-corrected chi connectivity index (χ0v) is 13.1.